The van der Waals surface area contributed by atoms with E-state index in [4.69, 9.17) is 9.47 Å². The van der Waals surface area contributed by atoms with E-state index in [-0.39, 0.29) is 18.2 Å². The largest absolute Gasteiger partial charge is 0.450 e. The molecule has 76 valence electrons. The second-order valence-electron chi connectivity index (χ2n) is 2.90. The van der Waals surface area contributed by atoms with Crippen LogP contribution in [-0.2, 0) is 9.47 Å². The summed E-state index contributed by atoms with van der Waals surface area (Å²) in [7, 11) is 1.64. The first-order chi connectivity index (χ1) is 6.27. The first-order valence-corrected chi connectivity index (χ1v) is 4.44. The Balaban J connectivity index is 2.30. The van der Waals surface area contributed by atoms with E-state index in [1.807, 2.05) is 0 Å². The third-order valence-corrected chi connectivity index (χ3v) is 2.04. The minimum Gasteiger partial charge on any atom is -0.450 e. The van der Waals surface area contributed by atoms with Crippen molar-refractivity contribution < 1.29 is 14.3 Å². The number of carbonyl (C=O) groups is 1. The fourth-order valence-electron chi connectivity index (χ4n) is 1.37. The van der Waals surface area contributed by atoms with Crippen LogP contribution in [-0.4, -0.2) is 45.0 Å². The Morgan fingerprint density at radius 2 is 2.38 bits per heavy atom. The van der Waals surface area contributed by atoms with Crippen molar-refractivity contribution in [2.24, 2.45) is 0 Å². The summed E-state index contributed by atoms with van der Waals surface area (Å²) in [5.74, 6) is 0. The number of carbonyl (C=O) groups excluding carboxylic acids is 1. The fourth-order valence-corrected chi connectivity index (χ4v) is 1.37. The summed E-state index contributed by atoms with van der Waals surface area (Å²) in [6, 6.07) is 0.0176. The van der Waals surface area contributed by atoms with Gasteiger partial charge < -0.3 is 20.1 Å². The number of rotatable bonds is 3. The minimum atomic E-state index is -0.377. The molecular formula is C8H16N2O3. The lowest BCUT2D eigenvalue weighted by Crippen LogP contribution is -2.43. The standard InChI is InChI=1S/C8H16N2O3/c1-3-13-8(11)10-6-4-9-5-7(6)12-2/h6-7,9H,3-5H2,1-2H3,(H,10,11). The predicted molar refractivity (Wildman–Crippen MR) is 47.6 cm³/mol. The molecule has 2 unspecified atom stereocenters. The molecule has 1 amide bonds. The van der Waals surface area contributed by atoms with Crippen LogP contribution in [0.3, 0.4) is 0 Å². The van der Waals surface area contributed by atoms with Crippen LogP contribution >= 0.6 is 0 Å². The van der Waals surface area contributed by atoms with Crippen molar-refractivity contribution in [2.45, 2.75) is 19.1 Å². The predicted octanol–water partition coefficient (Wildman–Crippen LogP) is -0.281. The van der Waals surface area contributed by atoms with E-state index in [9.17, 15) is 4.79 Å². The average molecular weight is 188 g/mol. The van der Waals surface area contributed by atoms with Crippen molar-refractivity contribution in [1.29, 1.82) is 0 Å². The number of nitrogens with one attached hydrogen (secondary N) is 2. The van der Waals surface area contributed by atoms with Crippen LogP contribution in [0.5, 0.6) is 0 Å². The number of hydrogen-bond acceptors (Lipinski definition) is 4. The lowest BCUT2D eigenvalue weighted by molar-refractivity contribution is 0.0887. The Morgan fingerprint density at radius 3 is 3.00 bits per heavy atom. The van der Waals surface area contributed by atoms with Gasteiger partial charge in [-0.05, 0) is 6.92 Å². The summed E-state index contributed by atoms with van der Waals surface area (Å²) in [6.45, 7) is 3.68. The summed E-state index contributed by atoms with van der Waals surface area (Å²) >= 11 is 0. The lowest BCUT2D eigenvalue weighted by Gasteiger charge is -2.17. The molecule has 5 nitrogen and oxygen atoms in total. The molecule has 1 rings (SSSR count). The van der Waals surface area contributed by atoms with Gasteiger partial charge in [0.25, 0.3) is 0 Å². The van der Waals surface area contributed by atoms with Crippen LogP contribution in [0.25, 0.3) is 0 Å². The van der Waals surface area contributed by atoms with Crippen LogP contribution in [0.1, 0.15) is 6.92 Å². The molecule has 0 aromatic carbocycles. The van der Waals surface area contributed by atoms with E-state index in [1.165, 1.54) is 0 Å². The molecule has 0 bridgehead atoms. The van der Waals surface area contributed by atoms with Gasteiger partial charge in [-0.15, -0.1) is 0 Å². The molecule has 1 heterocycles. The van der Waals surface area contributed by atoms with Gasteiger partial charge >= 0.3 is 6.09 Å². The lowest BCUT2D eigenvalue weighted by atomic mass is 10.2. The highest BCUT2D eigenvalue weighted by atomic mass is 16.5. The Bertz CT molecular complexity index is 175. The Kier molecular flexibility index (Phi) is 3.98. The SMILES string of the molecule is CCOC(=O)NC1CNCC1OC. The first-order valence-electron chi connectivity index (χ1n) is 4.44. The van der Waals surface area contributed by atoms with Crippen LogP contribution in [0.4, 0.5) is 4.79 Å². The molecule has 0 aromatic heterocycles. The number of hydrogen-bond donors (Lipinski definition) is 2. The molecule has 0 aromatic rings. The molecule has 1 aliphatic heterocycles. The number of amides is 1. The Morgan fingerprint density at radius 1 is 1.62 bits per heavy atom. The zero-order valence-electron chi connectivity index (χ0n) is 8.00. The molecule has 13 heavy (non-hydrogen) atoms. The Labute approximate surface area is 77.8 Å². The summed E-state index contributed by atoms with van der Waals surface area (Å²) in [5, 5.41) is 5.86. The maximum atomic E-state index is 11.0. The molecule has 0 radical (unpaired) electrons. The molecule has 1 saturated heterocycles. The van der Waals surface area contributed by atoms with E-state index in [2.05, 4.69) is 10.6 Å². The van der Waals surface area contributed by atoms with Crippen molar-refractivity contribution in [2.75, 3.05) is 26.8 Å². The third kappa shape index (κ3) is 2.86. The van der Waals surface area contributed by atoms with Gasteiger partial charge in [-0.1, -0.05) is 0 Å². The highest BCUT2D eigenvalue weighted by Crippen LogP contribution is 2.03. The summed E-state index contributed by atoms with van der Waals surface area (Å²) in [5.41, 5.74) is 0. The second kappa shape index (κ2) is 5.04. The summed E-state index contributed by atoms with van der Waals surface area (Å²) in [4.78, 5) is 11.0. The highest BCUT2D eigenvalue weighted by Gasteiger charge is 2.28. The topological polar surface area (TPSA) is 59.6 Å². The quantitative estimate of drug-likeness (QED) is 0.639. The van der Waals surface area contributed by atoms with Crippen molar-refractivity contribution >= 4 is 6.09 Å². The van der Waals surface area contributed by atoms with E-state index < -0.39 is 0 Å². The van der Waals surface area contributed by atoms with E-state index in [0.717, 1.165) is 13.1 Å². The molecule has 0 spiro atoms. The molecule has 0 aliphatic carbocycles. The van der Waals surface area contributed by atoms with Crippen molar-refractivity contribution in [3.05, 3.63) is 0 Å². The van der Waals surface area contributed by atoms with Gasteiger partial charge in [-0.3, -0.25) is 0 Å². The van der Waals surface area contributed by atoms with Gasteiger partial charge in [-0.25, -0.2) is 4.79 Å². The zero-order valence-corrected chi connectivity index (χ0v) is 8.00. The minimum absolute atomic E-state index is 0.0176. The van der Waals surface area contributed by atoms with Crippen molar-refractivity contribution in [1.82, 2.24) is 10.6 Å². The maximum absolute atomic E-state index is 11.0. The molecular weight excluding hydrogens is 172 g/mol. The van der Waals surface area contributed by atoms with E-state index in [1.54, 1.807) is 14.0 Å². The van der Waals surface area contributed by atoms with Gasteiger partial charge in [0.15, 0.2) is 0 Å². The molecule has 0 saturated carbocycles. The normalized spacial score (nSPS) is 27.2. The first kappa shape index (κ1) is 10.3. The van der Waals surface area contributed by atoms with Gasteiger partial charge in [-0.2, -0.15) is 0 Å². The van der Waals surface area contributed by atoms with Gasteiger partial charge in [0, 0.05) is 20.2 Å². The Hall–Kier alpha value is -0.810. The van der Waals surface area contributed by atoms with Crippen LogP contribution in [0.15, 0.2) is 0 Å². The van der Waals surface area contributed by atoms with Crippen LogP contribution < -0.4 is 10.6 Å². The monoisotopic (exact) mass is 188 g/mol. The number of methoxy groups -OCH3 is 1. The van der Waals surface area contributed by atoms with Crippen molar-refractivity contribution in [3.8, 4) is 0 Å². The number of ether oxygens (including phenoxy) is 2. The molecule has 1 aliphatic rings. The second-order valence-corrected chi connectivity index (χ2v) is 2.90. The molecule has 2 atom stereocenters. The highest BCUT2D eigenvalue weighted by molar-refractivity contribution is 5.67. The smallest absolute Gasteiger partial charge is 0.407 e. The van der Waals surface area contributed by atoms with Crippen molar-refractivity contribution in [3.63, 3.8) is 0 Å². The van der Waals surface area contributed by atoms with Crippen LogP contribution in [0.2, 0.25) is 0 Å². The third-order valence-electron chi connectivity index (χ3n) is 2.04. The summed E-state index contributed by atoms with van der Waals surface area (Å²) in [6.07, 6.45) is -0.331. The molecule has 2 N–H and O–H groups in total. The molecule has 1 fully saturated rings. The van der Waals surface area contributed by atoms with Crippen LogP contribution in [0, 0.1) is 0 Å². The molecule has 5 heteroatoms. The van der Waals surface area contributed by atoms with Gasteiger partial charge in [0.05, 0.1) is 18.8 Å². The maximum Gasteiger partial charge on any atom is 0.407 e. The summed E-state index contributed by atoms with van der Waals surface area (Å²) < 4.78 is 9.93. The van der Waals surface area contributed by atoms with Gasteiger partial charge in [0.1, 0.15) is 0 Å². The number of alkyl carbamates (subject to hydrolysis) is 1. The van der Waals surface area contributed by atoms with E-state index in [0.29, 0.717) is 6.61 Å². The fraction of sp³-hybridized carbons (Fsp3) is 0.875. The van der Waals surface area contributed by atoms with E-state index >= 15 is 0 Å². The zero-order chi connectivity index (χ0) is 9.68. The average Bonchev–Trinajstić information content (AvgIpc) is 2.52. The van der Waals surface area contributed by atoms with Gasteiger partial charge in [0.2, 0.25) is 0 Å².